The summed E-state index contributed by atoms with van der Waals surface area (Å²) >= 11 is 0. The van der Waals surface area contributed by atoms with Crippen LogP contribution in [0.25, 0.3) is 10.8 Å². The van der Waals surface area contributed by atoms with Crippen molar-refractivity contribution >= 4 is 16.7 Å². The Balaban J connectivity index is 1.75. The number of fused-ring (bicyclic) bond motifs is 1. The van der Waals surface area contributed by atoms with Gasteiger partial charge in [-0.25, -0.2) is 0 Å². The van der Waals surface area contributed by atoms with Gasteiger partial charge in [0.25, 0.3) is 0 Å². The zero-order valence-corrected chi connectivity index (χ0v) is 14.1. The van der Waals surface area contributed by atoms with E-state index in [4.69, 9.17) is 4.74 Å². The summed E-state index contributed by atoms with van der Waals surface area (Å²) < 4.78 is 5.74. The van der Waals surface area contributed by atoms with Crippen LogP contribution in [0.5, 0.6) is 5.75 Å². The number of esters is 1. The lowest BCUT2D eigenvalue weighted by Gasteiger charge is -2.36. The van der Waals surface area contributed by atoms with E-state index < -0.39 is 0 Å². The van der Waals surface area contributed by atoms with Crippen molar-refractivity contribution in [3.63, 3.8) is 0 Å². The Labute approximate surface area is 151 Å². The molecular formula is C24H16O2. The maximum atomic E-state index is 12.9. The zero-order chi connectivity index (χ0) is 17.3. The second kappa shape index (κ2) is 4.95. The van der Waals surface area contributed by atoms with Gasteiger partial charge in [0.1, 0.15) is 11.7 Å². The van der Waals surface area contributed by atoms with Crippen LogP contribution in [0.2, 0.25) is 0 Å². The molecule has 0 aromatic heterocycles. The largest absolute Gasteiger partial charge is 0.425 e. The molecule has 1 heterocycles. The summed E-state index contributed by atoms with van der Waals surface area (Å²) in [4.78, 5) is 12.9. The summed E-state index contributed by atoms with van der Waals surface area (Å²) in [5.74, 6) is 0.468. The predicted molar refractivity (Wildman–Crippen MR) is 101 cm³/mol. The number of rotatable bonds is 1. The van der Waals surface area contributed by atoms with E-state index in [0.717, 1.165) is 22.8 Å². The molecule has 0 bridgehead atoms. The van der Waals surface area contributed by atoms with Crippen molar-refractivity contribution < 1.29 is 9.53 Å². The molecule has 0 saturated carbocycles. The summed E-state index contributed by atoms with van der Waals surface area (Å²) in [6.45, 7) is 0. The molecule has 3 aromatic carbocycles. The molecule has 0 radical (unpaired) electrons. The van der Waals surface area contributed by atoms with Crippen LogP contribution in [0.1, 0.15) is 34.9 Å². The predicted octanol–water partition coefficient (Wildman–Crippen LogP) is 5.24. The van der Waals surface area contributed by atoms with Crippen LogP contribution in [-0.4, -0.2) is 5.97 Å². The minimum atomic E-state index is -0.270. The molecule has 2 unspecified atom stereocenters. The lowest BCUT2D eigenvalue weighted by molar-refractivity contribution is -0.135. The Hall–Kier alpha value is -3.13. The average molecular weight is 336 g/mol. The number of carbonyl (C=O) groups is 1. The van der Waals surface area contributed by atoms with Gasteiger partial charge in [-0.2, -0.15) is 0 Å². The second-order valence-corrected chi connectivity index (χ2v) is 7.21. The van der Waals surface area contributed by atoms with E-state index >= 15 is 0 Å². The van der Waals surface area contributed by atoms with Gasteiger partial charge in [-0.3, -0.25) is 4.79 Å². The molecule has 2 atom stereocenters. The number of benzene rings is 3. The Kier molecular flexibility index (Phi) is 2.68. The Bertz CT molecular complexity index is 1150. The molecule has 3 aromatic rings. The van der Waals surface area contributed by atoms with Gasteiger partial charge in [0.05, 0.1) is 0 Å². The van der Waals surface area contributed by atoms with E-state index in [1.54, 1.807) is 0 Å². The molecule has 0 spiro atoms. The average Bonchev–Trinajstić information content (AvgIpc) is 3.15. The number of allylic oxidation sites excluding steroid dienone is 3. The molecule has 0 N–H and O–H groups in total. The molecule has 0 amide bonds. The minimum Gasteiger partial charge on any atom is -0.425 e. The normalized spacial score (nSPS) is 22.5. The quantitative estimate of drug-likeness (QED) is 0.448. The molecule has 1 aliphatic heterocycles. The van der Waals surface area contributed by atoms with E-state index in [9.17, 15) is 4.79 Å². The van der Waals surface area contributed by atoms with Gasteiger partial charge in [0, 0.05) is 11.3 Å². The van der Waals surface area contributed by atoms with Crippen LogP contribution >= 0.6 is 0 Å². The maximum Gasteiger partial charge on any atom is 0.323 e. The second-order valence-electron chi connectivity index (χ2n) is 7.21. The van der Waals surface area contributed by atoms with Gasteiger partial charge in [0.2, 0.25) is 0 Å². The third kappa shape index (κ3) is 1.69. The van der Waals surface area contributed by atoms with E-state index in [1.165, 1.54) is 22.3 Å². The van der Waals surface area contributed by atoms with E-state index in [2.05, 4.69) is 60.7 Å². The third-order valence-electron chi connectivity index (χ3n) is 5.93. The first kappa shape index (κ1) is 14.1. The van der Waals surface area contributed by atoms with E-state index in [-0.39, 0.29) is 17.8 Å². The van der Waals surface area contributed by atoms with Crippen molar-refractivity contribution in [2.75, 3.05) is 0 Å². The first-order valence-corrected chi connectivity index (χ1v) is 9.04. The lowest BCUT2D eigenvalue weighted by atomic mass is 9.69. The summed E-state index contributed by atoms with van der Waals surface area (Å²) in [6, 6.07) is 20.9. The van der Waals surface area contributed by atoms with Crippen LogP contribution in [0.4, 0.5) is 0 Å². The molecule has 26 heavy (non-hydrogen) atoms. The van der Waals surface area contributed by atoms with Crippen LogP contribution < -0.4 is 4.74 Å². The first-order valence-electron chi connectivity index (χ1n) is 9.04. The van der Waals surface area contributed by atoms with E-state index in [0.29, 0.717) is 5.75 Å². The molecule has 2 heteroatoms. The summed E-state index contributed by atoms with van der Waals surface area (Å²) in [6.07, 6.45) is 5.21. The highest BCUT2D eigenvalue weighted by Gasteiger charge is 2.43. The highest BCUT2D eigenvalue weighted by Crippen LogP contribution is 2.54. The topological polar surface area (TPSA) is 26.3 Å². The first-order chi connectivity index (χ1) is 12.8. The van der Waals surface area contributed by atoms with Gasteiger partial charge < -0.3 is 4.74 Å². The Morgan fingerprint density at radius 3 is 2.65 bits per heavy atom. The zero-order valence-electron chi connectivity index (χ0n) is 14.1. The van der Waals surface area contributed by atoms with Crippen molar-refractivity contribution in [1.82, 2.24) is 0 Å². The van der Waals surface area contributed by atoms with Crippen LogP contribution in [0.3, 0.4) is 0 Å². The smallest absolute Gasteiger partial charge is 0.323 e. The fourth-order valence-corrected chi connectivity index (χ4v) is 4.91. The van der Waals surface area contributed by atoms with Crippen LogP contribution in [0.15, 0.2) is 84.0 Å². The molecular weight excluding hydrogens is 320 g/mol. The summed E-state index contributed by atoms with van der Waals surface area (Å²) in [7, 11) is 0. The molecule has 2 nitrogen and oxygen atoms in total. The SMILES string of the molecule is O=C1Oc2cccc3ccc4c(c23)C1C1=C(C=CC1)C4c1ccccc1. The minimum absolute atomic E-state index is 0.139. The fourth-order valence-electron chi connectivity index (χ4n) is 4.91. The molecule has 0 saturated heterocycles. The van der Waals surface area contributed by atoms with Crippen molar-refractivity contribution in [2.24, 2.45) is 0 Å². The highest BCUT2D eigenvalue weighted by atomic mass is 16.5. The molecule has 3 aliphatic rings. The van der Waals surface area contributed by atoms with Crippen molar-refractivity contribution in [1.29, 1.82) is 0 Å². The molecule has 124 valence electrons. The standard InChI is InChI=1S/C24H16O2/c25-24-23-17-10-5-9-16(17)20(14-6-2-1-3-7-14)18-13-12-15-8-4-11-19(26-24)21(15)22(18)23/h1-9,11-13,20,23H,10H2. The summed E-state index contributed by atoms with van der Waals surface area (Å²) in [5, 5.41) is 2.24. The molecule has 0 fully saturated rings. The number of hydrogen-bond donors (Lipinski definition) is 0. The van der Waals surface area contributed by atoms with Crippen molar-refractivity contribution in [2.45, 2.75) is 18.3 Å². The monoisotopic (exact) mass is 336 g/mol. The molecule has 2 aliphatic carbocycles. The molecule has 6 rings (SSSR count). The van der Waals surface area contributed by atoms with Crippen molar-refractivity contribution in [3.05, 3.63) is 101 Å². The third-order valence-corrected chi connectivity index (χ3v) is 5.93. The van der Waals surface area contributed by atoms with Gasteiger partial charge in [-0.15, -0.1) is 0 Å². The van der Waals surface area contributed by atoms with Crippen molar-refractivity contribution in [3.8, 4) is 5.75 Å². The highest BCUT2D eigenvalue weighted by molar-refractivity contribution is 6.03. The summed E-state index contributed by atoms with van der Waals surface area (Å²) in [5.41, 5.74) is 6.15. The maximum absolute atomic E-state index is 12.9. The van der Waals surface area contributed by atoms with Gasteiger partial charge in [-0.05, 0) is 45.7 Å². The van der Waals surface area contributed by atoms with Crippen LogP contribution in [0, 0.1) is 0 Å². The van der Waals surface area contributed by atoms with Gasteiger partial charge in [0.15, 0.2) is 0 Å². The number of ether oxygens (including phenoxy) is 1. The number of carbonyl (C=O) groups excluding carboxylic acids is 1. The fraction of sp³-hybridized carbons (Fsp3) is 0.125. The van der Waals surface area contributed by atoms with Gasteiger partial charge >= 0.3 is 5.97 Å². The lowest BCUT2D eigenvalue weighted by Crippen LogP contribution is -2.30. The van der Waals surface area contributed by atoms with Gasteiger partial charge in [-0.1, -0.05) is 66.7 Å². The van der Waals surface area contributed by atoms with Crippen LogP contribution in [-0.2, 0) is 4.79 Å². The number of hydrogen-bond acceptors (Lipinski definition) is 2. The van der Waals surface area contributed by atoms with E-state index in [1.807, 2.05) is 12.1 Å². The Morgan fingerprint density at radius 1 is 0.885 bits per heavy atom. The Morgan fingerprint density at radius 2 is 1.77 bits per heavy atom.